The van der Waals surface area contributed by atoms with Gasteiger partial charge in [-0.3, -0.25) is 0 Å². The maximum atomic E-state index is 5.48. The minimum atomic E-state index is 0.114. The van der Waals surface area contributed by atoms with E-state index in [-0.39, 0.29) is 12.8 Å². The van der Waals surface area contributed by atoms with Gasteiger partial charge in [0.15, 0.2) is 16.6 Å². The van der Waals surface area contributed by atoms with Gasteiger partial charge in [-0.25, -0.2) is 0 Å². The van der Waals surface area contributed by atoms with Crippen LogP contribution < -0.4 is 25.0 Å². The summed E-state index contributed by atoms with van der Waals surface area (Å²) in [7, 11) is 0. The zero-order valence-corrected chi connectivity index (χ0v) is 17.2. The SMILES string of the molecule is CC1CCCN(c2ccc(C(C)NC(=S)Nc3ccc4c(c3)OCO4)cc2)C1. The summed E-state index contributed by atoms with van der Waals surface area (Å²) in [5.74, 6) is 2.28. The fraction of sp³-hybridized carbons (Fsp3) is 0.409. The number of nitrogens with zero attached hydrogens (tertiary/aromatic N) is 1. The topological polar surface area (TPSA) is 45.8 Å². The molecule has 0 radical (unpaired) electrons. The molecule has 2 unspecified atom stereocenters. The van der Waals surface area contributed by atoms with E-state index in [4.69, 9.17) is 21.7 Å². The Labute approximate surface area is 172 Å². The molecule has 2 aromatic rings. The number of ether oxygens (including phenoxy) is 2. The second-order valence-corrected chi connectivity index (χ2v) is 8.08. The lowest BCUT2D eigenvalue weighted by molar-refractivity contribution is 0.174. The monoisotopic (exact) mass is 397 g/mol. The number of anilines is 2. The van der Waals surface area contributed by atoms with Crippen LogP contribution in [0.3, 0.4) is 0 Å². The van der Waals surface area contributed by atoms with Crippen LogP contribution in [0.25, 0.3) is 0 Å². The molecule has 2 heterocycles. The Hall–Kier alpha value is -2.47. The molecule has 1 fully saturated rings. The van der Waals surface area contributed by atoms with Gasteiger partial charge in [-0.15, -0.1) is 0 Å². The number of piperidine rings is 1. The van der Waals surface area contributed by atoms with Crippen LogP contribution in [0.1, 0.15) is 38.3 Å². The number of hydrogen-bond donors (Lipinski definition) is 2. The lowest BCUT2D eigenvalue weighted by Gasteiger charge is -2.33. The van der Waals surface area contributed by atoms with E-state index in [1.165, 1.54) is 24.1 Å². The average Bonchev–Trinajstić information content (AvgIpc) is 3.16. The highest BCUT2D eigenvalue weighted by Gasteiger charge is 2.17. The second-order valence-electron chi connectivity index (χ2n) is 7.67. The summed E-state index contributed by atoms with van der Waals surface area (Å²) >= 11 is 5.48. The minimum absolute atomic E-state index is 0.114. The number of fused-ring (bicyclic) bond motifs is 1. The van der Waals surface area contributed by atoms with Crippen molar-refractivity contribution >= 4 is 28.7 Å². The quantitative estimate of drug-likeness (QED) is 0.729. The van der Waals surface area contributed by atoms with Crippen LogP contribution in [-0.2, 0) is 0 Å². The first kappa shape index (κ1) is 18.9. The van der Waals surface area contributed by atoms with E-state index in [0.717, 1.165) is 36.2 Å². The molecule has 0 amide bonds. The molecule has 5 nitrogen and oxygen atoms in total. The van der Waals surface area contributed by atoms with Crippen LogP contribution in [0.4, 0.5) is 11.4 Å². The van der Waals surface area contributed by atoms with Gasteiger partial charge >= 0.3 is 0 Å². The van der Waals surface area contributed by atoms with Gasteiger partial charge in [-0.05, 0) is 67.7 Å². The van der Waals surface area contributed by atoms with Gasteiger partial charge in [-0.1, -0.05) is 19.1 Å². The van der Waals surface area contributed by atoms with Crippen LogP contribution in [-0.4, -0.2) is 25.0 Å². The van der Waals surface area contributed by atoms with Crippen molar-refractivity contribution in [3.05, 3.63) is 48.0 Å². The zero-order chi connectivity index (χ0) is 19.5. The first-order valence-corrected chi connectivity index (χ1v) is 10.3. The fourth-order valence-corrected chi connectivity index (χ4v) is 4.11. The van der Waals surface area contributed by atoms with E-state index < -0.39 is 0 Å². The molecule has 6 heteroatoms. The van der Waals surface area contributed by atoms with Crippen molar-refractivity contribution in [3.63, 3.8) is 0 Å². The van der Waals surface area contributed by atoms with Crippen molar-refractivity contribution in [3.8, 4) is 11.5 Å². The maximum absolute atomic E-state index is 5.48. The summed E-state index contributed by atoms with van der Waals surface area (Å²) in [6.45, 7) is 7.02. The highest BCUT2D eigenvalue weighted by atomic mass is 32.1. The van der Waals surface area contributed by atoms with E-state index in [1.807, 2.05) is 18.2 Å². The Morgan fingerprint density at radius 3 is 2.71 bits per heavy atom. The smallest absolute Gasteiger partial charge is 0.231 e. The summed E-state index contributed by atoms with van der Waals surface area (Å²) in [6, 6.07) is 14.7. The molecule has 1 saturated heterocycles. The molecule has 2 aromatic carbocycles. The molecular weight excluding hydrogens is 370 g/mol. The zero-order valence-electron chi connectivity index (χ0n) is 16.4. The van der Waals surface area contributed by atoms with Crippen molar-refractivity contribution < 1.29 is 9.47 Å². The lowest BCUT2D eigenvalue weighted by atomic mass is 9.99. The Kier molecular flexibility index (Phi) is 5.57. The Balaban J connectivity index is 1.34. The van der Waals surface area contributed by atoms with Gasteiger partial charge < -0.3 is 25.0 Å². The van der Waals surface area contributed by atoms with Gasteiger partial charge in [0.2, 0.25) is 6.79 Å². The maximum Gasteiger partial charge on any atom is 0.231 e. The highest BCUT2D eigenvalue weighted by Crippen LogP contribution is 2.34. The Morgan fingerprint density at radius 1 is 1.14 bits per heavy atom. The van der Waals surface area contributed by atoms with E-state index in [1.54, 1.807) is 0 Å². The molecular formula is C22H27N3O2S. The number of hydrogen-bond acceptors (Lipinski definition) is 4. The molecule has 0 spiro atoms. The van der Waals surface area contributed by atoms with E-state index in [9.17, 15) is 0 Å². The first-order chi connectivity index (χ1) is 13.6. The third-order valence-corrected chi connectivity index (χ3v) is 5.61. The van der Waals surface area contributed by atoms with Crippen LogP contribution in [0, 0.1) is 5.92 Å². The van der Waals surface area contributed by atoms with Crippen LogP contribution >= 0.6 is 12.2 Å². The molecule has 2 N–H and O–H groups in total. The summed E-state index contributed by atoms with van der Waals surface area (Å²) in [5.41, 5.74) is 3.40. The van der Waals surface area contributed by atoms with Crippen molar-refractivity contribution in [1.29, 1.82) is 0 Å². The van der Waals surface area contributed by atoms with Crippen LogP contribution in [0.15, 0.2) is 42.5 Å². The summed E-state index contributed by atoms with van der Waals surface area (Å²) < 4.78 is 10.7. The van der Waals surface area contributed by atoms with E-state index in [0.29, 0.717) is 5.11 Å². The predicted molar refractivity (Wildman–Crippen MR) is 117 cm³/mol. The largest absolute Gasteiger partial charge is 0.454 e. The number of thiocarbonyl (C=S) groups is 1. The van der Waals surface area contributed by atoms with Crippen molar-refractivity contribution in [2.75, 3.05) is 30.1 Å². The molecule has 0 aliphatic carbocycles. The standard InChI is InChI=1S/C22H27N3O2S/c1-15-4-3-11-25(13-15)19-8-5-17(6-9-19)16(2)23-22(28)24-18-7-10-20-21(12-18)27-14-26-20/h5-10,12,15-16H,3-4,11,13-14H2,1-2H3,(H2,23,24,28). The molecule has 4 rings (SSSR count). The number of rotatable bonds is 4. The molecule has 28 heavy (non-hydrogen) atoms. The summed E-state index contributed by atoms with van der Waals surface area (Å²) in [5, 5.41) is 7.15. The predicted octanol–water partition coefficient (Wildman–Crippen LogP) is 4.70. The molecule has 148 valence electrons. The van der Waals surface area contributed by atoms with Crippen molar-refractivity contribution in [2.24, 2.45) is 5.92 Å². The van der Waals surface area contributed by atoms with Crippen molar-refractivity contribution in [1.82, 2.24) is 5.32 Å². The fourth-order valence-electron chi connectivity index (χ4n) is 3.82. The lowest BCUT2D eigenvalue weighted by Crippen LogP contribution is -2.34. The molecule has 2 aliphatic heterocycles. The van der Waals surface area contributed by atoms with E-state index >= 15 is 0 Å². The van der Waals surface area contributed by atoms with Gasteiger partial charge in [0.05, 0.1) is 6.04 Å². The second kappa shape index (κ2) is 8.27. The Morgan fingerprint density at radius 2 is 1.93 bits per heavy atom. The third kappa shape index (κ3) is 4.33. The minimum Gasteiger partial charge on any atom is -0.454 e. The molecule has 0 aromatic heterocycles. The number of benzene rings is 2. The molecule has 2 atom stereocenters. The summed E-state index contributed by atoms with van der Waals surface area (Å²) in [4.78, 5) is 2.49. The van der Waals surface area contributed by atoms with Gasteiger partial charge in [0, 0.05) is 30.5 Å². The number of nitrogens with one attached hydrogen (secondary N) is 2. The summed E-state index contributed by atoms with van der Waals surface area (Å²) in [6.07, 6.45) is 2.62. The normalized spacial score (nSPS) is 19.2. The van der Waals surface area contributed by atoms with Gasteiger partial charge in [0.1, 0.15) is 0 Å². The molecule has 0 saturated carbocycles. The molecule has 2 aliphatic rings. The molecule has 0 bridgehead atoms. The van der Waals surface area contributed by atoms with Crippen LogP contribution in [0.2, 0.25) is 0 Å². The Bertz CT molecular complexity index is 840. The van der Waals surface area contributed by atoms with E-state index in [2.05, 4.69) is 53.6 Å². The van der Waals surface area contributed by atoms with Crippen LogP contribution in [0.5, 0.6) is 11.5 Å². The van der Waals surface area contributed by atoms with Crippen molar-refractivity contribution in [2.45, 2.75) is 32.7 Å². The van der Waals surface area contributed by atoms with Gasteiger partial charge in [-0.2, -0.15) is 0 Å². The highest BCUT2D eigenvalue weighted by molar-refractivity contribution is 7.80. The average molecular weight is 398 g/mol. The first-order valence-electron chi connectivity index (χ1n) is 9.90. The third-order valence-electron chi connectivity index (χ3n) is 5.39. The van der Waals surface area contributed by atoms with Gasteiger partial charge in [0.25, 0.3) is 0 Å².